The third-order valence-corrected chi connectivity index (χ3v) is 6.89. The molecule has 1 aromatic rings. The number of benzene rings is 1. The predicted octanol–water partition coefficient (Wildman–Crippen LogP) is 2.92. The molecule has 0 radical (unpaired) electrons. The number of fused-ring (bicyclic) bond motifs is 2. The molecule has 1 aliphatic heterocycles. The molecule has 160 valence electrons. The van der Waals surface area contributed by atoms with Crippen LogP contribution in [0.2, 0.25) is 0 Å². The fourth-order valence-electron chi connectivity index (χ4n) is 5.02. The number of hydrogen-bond acceptors (Lipinski definition) is 5. The average Bonchev–Trinajstić information content (AvgIpc) is 3.33. The van der Waals surface area contributed by atoms with Crippen molar-refractivity contribution < 1.29 is 24.5 Å². The van der Waals surface area contributed by atoms with Gasteiger partial charge in [-0.15, -0.1) is 0 Å². The maximum atomic E-state index is 9.10. The average molecular weight is 469 g/mol. The highest BCUT2D eigenvalue weighted by molar-refractivity contribution is 9.10. The zero-order valence-corrected chi connectivity index (χ0v) is 18.3. The number of carbonyl (C=O) groups is 2. The van der Waals surface area contributed by atoms with Gasteiger partial charge in [-0.3, -0.25) is 9.80 Å². The summed E-state index contributed by atoms with van der Waals surface area (Å²) < 4.78 is 6.65. The topological polar surface area (TPSA) is 90.3 Å². The lowest BCUT2D eigenvalue weighted by Crippen LogP contribution is -2.51. The van der Waals surface area contributed by atoms with Gasteiger partial charge in [-0.2, -0.15) is 0 Å². The van der Waals surface area contributed by atoms with Crippen LogP contribution in [0.25, 0.3) is 0 Å². The van der Waals surface area contributed by atoms with Crippen molar-refractivity contribution in [2.24, 2.45) is 11.8 Å². The molecular formula is C21H29BrN2O5. The van der Waals surface area contributed by atoms with Crippen molar-refractivity contribution in [3.05, 3.63) is 28.2 Å². The van der Waals surface area contributed by atoms with Crippen molar-refractivity contribution in [3.63, 3.8) is 0 Å². The molecule has 2 bridgehead atoms. The molecule has 7 nitrogen and oxygen atoms in total. The normalized spacial score (nSPS) is 26.6. The Labute approximate surface area is 179 Å². The summed E-state index contributed by atoms with van der Waals surface area (Å²) in [7, 11) is 1.76. The Hall–Kier alpha value is -1.64. The third-order valence-electron chi connectivity index (χ3n) is 6.40. The second kappa shape index (κ2) is 9.91. The quantitative estimate of drug-likeness (QED) is 0.656. The van der Waals surface area contributed by atoms with Gasteiger partial charge in [0, 0.05) is 48.8 Å². The van der Waals surface area contributed by atoms with Gasteiger partial charge in [0.25, 0.3) is 0 Å². The number of methoxy groups -OCH3 is 1. The Balaban J connectivity index is 0.000000353. The molecule has 1 saturated heterocycles. The molecule has 1 heterocycles. The molecule has 29 heavy (non-hydrogen) atoms. The number of carboxylic acids is 2. The van der Waals surface area contributed by atoms with Crippen LogP contribution in [-0.2, 0) is 16.1 Å². The smallest absolute Gasteiger partial charge is 0.414 e. The van der Waals surface area contributed by atoms with Gasteiger partial charge < -0.3 is 14.9 Å². The molecular weight excluding hydrogens is 440 g/mol. The Bertz CT molecular complexity index is 724. The fourth-order valence-corrected chi connectivity index (χ4v) is 5.43. The molecule has 3 unspecified atom stereocenters. The van der Waals surface area contributed by atoms with Crippen molar-refractivity contribution >= 4 is 27.9 Å². The maximum absolute atomic E-state index is 9.10. The molecule has 0 amide bonds. The summed E-state index contributed by atoms with van der Waals surface area (Å²) in [5, 5.41) is 14.8. The van der Waals surface area contributed by atoms with Gasteiger partial charge in [0.1, 0.15) is 5.75 Å². The van der Waals surface area contributed by atoms with Crippen molar-refractivity contribution in [1.29, 1.82) is 0 Å². The second-order valence-electron chi connectivity index (χ2n) is 8.12. The van der Waals surface area contributed by atoms with Crippen LogP contribution >= 0.6 is 15.9 Å². The molecule has 3 aliphatic rings. The molecule has 8 heteroatoms. The summed E-state index contributed by atoms with van der Waals surface area (Å²) in [5.74, 6) is -0.584. The molecule has 0 spiro atoms. The maximum Gasteiger partial charge on any atom is 0.414 e. The van der Waals surface area contributed by atoms with E-state index in [2.05, 4.69) is 43.9 Å². The van der Waals surface area contributed by atoms with Crippen LogP contribution in [0.15, 0.2) is 22.7 Å². The van der Waals surface area contributed by atoms with E-state index in [0.717, 1.165) is 34.6 Å². The summed E-state index contributed by atoms with van der Waals surface area (Å²) in [6, 6.07) is 7.21. The number of hydrogen-bond donors (Lipinski definition) is 2. The Morgan fingerprint density at radius 2 is 1.79 bits per heavy atom. The van der Waals surface area contributed by atoms with Gasteiger partial charge in [0.2, 0.25) is 0 Å². The van der Waals surface area contributed by atoms with E-state index in [4.69, 9.17) is 24.5 Å². The number of carboxylic acid groups (broad SMARTS) is 2. The van der Waals surface area contributed by atoms with E-state index in [1.54, 1.807) is 7.11 Å². The Morgan fingerprint density at radius 1 is 1.10 bits per heavy atom. The second-order valence-corrected chi connectivity index (χ2v) is 9.04. The SMILES string of the molecule is COc1ccc(Br)cc1CN1CCN(C2CC3CCC2C3)CC1.O=C(O)C(=O)O. The van der Waals surface area contributed by atoms with Crippen molar-refractivity contribution in [2.75, 3.05) is 33.3 Å². The van der Waals surface area contributed by atoms with Crippen molar-refractivity contribution in [2.45, 2.75) is 38.3 Å². The molecule has 3 fully saturated rings. The van der Waals surface area contributed by atoms with Crippen LogP contribution in [0, 0.1) is 11.8 Å². The number of aliphatic carboxylic acids is 2. The van der Waals surface area contributed by atoms with E-state index < -0.39 is 11.9 Å². The predicted molar refractivity (Wildman–Crippen MR) is 112 cm³/mol. The van der Waals surface area contributed by atoms with Gasteiger partial charge in [0.15, 0.2) is 0 Å². The van der Waals surface area contributed by atoms with Gasteiger partial charge in [-0.25, -0.2) is 9.59 Å². The first-order valence-corrected chi connectivity index (χ1v) is 10.9. The lowest BCUT2D eigenvalue weighted by molar-refractivity contribution is -0.159. The highest BCUT2D eigenvalue weighted by atomic mass is 79.9. The summed E-state index contributed by atoms with van der Waals surface area (Å²) >= 11 is 3.58. The highest BCUT2D eigenvalue weighted by Crippen LogP contribution is 2.46. The fraction of sp³-hybridized carbons (Fsp3) is 0.619. The van der Waals surface area contributed by atoms with E-state index in [0.29, 0.717) is 0 Å². The number of rotatable bonds is 4. The number of piperazine rings is 1. The van der Waals surface area contributed by atoms with Crippen molar-refractivity contribution in [1.82, 2.24) is 9.80 Å². The Kier molecular flexibility index (Phi) is 7.54. The van der Waals surface area contributed by atoms with E-state index in [1.807, 2.05) is 0 Å². The van der Waals surface area contributed by atoms with Crippen LogP contribution in [0.5, 0.6) is 5.75 Å². The number of nitrogens with zero attached hydrogens (tertiary/aromatic N) is 2. The summed E-state index contributed by atoms with van der Waals surface area (Å²) in [6.07, 6.45) is 5.98. The number of ether oxygens (including phenoxy) is 1. The lowest BCUT2D eigenvalue weighted by Gasteiger charge is -2.41. The first-order chi connectivity index (χ1) is 13.9. The molecule has 4 rings (SSSR count). The lowest BCUT2D eigenvalue weighted by atomic mass is 9.93. The minimum atomic E-state index is -1.82. The summed E-state index contributed by atoms with van der Waals surface area (Å²) in [5.41, 5.74) is 1.29. The van der Waals surface area contributed by atoms with Crippen LogP contribution in [0.4, 0.5) is 0 Å². The number of halogens is 1. The molecule has 3 atom stereocenters. The molecule has 0 aromatic heterocycles. The third kappa shape index (κ3) is 5.71. The first-order valence-electron chi connectivity index (χ1n) is 10.1. The molecule has 2 saturated carbocycles. The van der Waals surface area contributed by atoms with E-state index in [1.165, 1.54) is 57.4 Å². The van der Waals surface area contributed by atoms with Gasteiger partial charge in [-0.1, -0.05) is 22.4 Å². The first kappa shape index (κ1) is 22.1. The van der Waals surface area contributed by atoms with Crippen LogP contribution in [0.1, 0.15) is 31.2 Å². The monoisotopic (exact) mass is 468 g/mol. The minimum absolute atomic E-state index is 0.899. The zero-order chi connectivity index (χ0) is 21.0. The minimum Gasteiger partial charge on any atom is -0.496 e. The van der Waals surface area contributed by atoms with Gasteiger partial charge in [-0.05, 0) is 49.3 Å². The largest absolute Gasteiger partial charge is 0.496 e. The van der Waals surface area contributed by atoms with Crippen LogP contribution in [0.3, 0.4) is 0 Å². The summed E-state index contributed by atoms with van der Waals surface area (Å²) in [4.78, 5) is 23.6. The van der Waals surface area contributed by atoms with Gasteiger partial charge in [0.05, 0.1) is 7.11 Å². The van der Waals surface area contributed by atoms with Crippen molar-refractivity contribution in [3.8, 4) is 5.75 Å². The van der Waals surface area contributed by atoms with E-state index in [-0.39, 0.29) is 0 Å². The Morgan fingerprint density at radius 3 is 2.31 bits per heavy atom. The van der Waals surface area contributed by atoms with E-state index in [9.17, 15) is 0 Å². The standard InChI is InChI=1S/C19H27BrN2O.C2H2O4/c1-23-19-5-4-17(20)12-16(19)13-21-6-8-22(9-7-21)18-11-14-2-3-15(18)10-14;3-1(4)2(5)6/h4-5,12,14-15,18H,2-3,6-11,13H2,1H3;(H,3,4)(H,5,6). The zero-order valence-electron chi connectivity index (χ0n) is 16.7. The molecule has 2 N–H and O–H groups in total. The molecule has 1 aromatic carbocycles. The van der Waals surface area contributed by atoms with Crippen LogP contribution < -0.4 is 4.74 Å². The van der Waals surface area contributed by atoms with Gasteiger partial charge >= 0.3 is 11.9 Å². The summed E-state index contributed by atoms with van der Waals surface area (Å²) in [6.45, 7) is 5.84. The molecule has 2 aliphatic carbocycles. The van der Waals surface area contributed by atoms with E-state index >= 15 is 0 Å². The van der Waals surface area contributed by atoms with Crippen LogP contribution in [-0.4, -0.2) is 71.3 Å². The highest BCUT2D eigenvalue weighted by Gasteiger charge is 2.42.